The fourth-order valence-electron chi connectivity index (χ4n) is 0. The molecule has 0 radical (unpaired) electrons. The first-order valence-corrected chi connectivity index (χ1v) is 2.44. The van der Waals surface area contributed by atoms with Gasteiger partial charge in [0, 0.05) is 0 Å². The fraction of sp³-hybridized carbons (Fsp3) is 0. The molecular formula is HClLiNO7. The maximum atomic E-state index is 8.60. The fourth-order valence-corrected chi connectivity index (χ4v) is 0. The molecule has 0 rings (SSSR count). The summed E-state index contributed by atoms with van der Waals surface area (Å²) in [6.07, 6.45) is 0. The van der Waals surface area contributed by atoms with Gasteiger partial charge in [0.05, 0.1) is 20.0 Å². The summed E-state index contributed by atoms with van der Waals surface area (Å²) in [7, 11) is -4.69. The summed E-state index contributed by atoms with van der Waals surface area (Å²) < 4.78 is 32.7. The van der Waals surface area contributed by atoms with E-state index in [-0.39, 0.29) is 18.9 Å². The zero-order valence-corrected chi connectivity index (χ0v) is 5.48. The van der Waals surface area contributed by atoms with Gasteiger partial charge in [-0.1, -0.05) is 0 Å². The molecule has 0 aliphatic heterocycles. The van der Waals surface area contributed by atoms with Crippen LogP contribution in [-0.2, 0) is 0 Å². The minimum absolute atomic E-state index is 0. The number of rotatable bonds is 0. The third-order valence-corrected chi connectivity index (χ3v) is 0. The standard InChI is InChI=1S/ClHO4.Li.NO3/c2-1(3,4)5;;2-1(3)4/h(H,2,3,4,5);;/q;+1;-1. The minimum Gasteiger partial charge on any atom is -0.356 e. The van der Waals surface area contributed by atoms with Gasteiger partial charge in [0.2, 0.25) is 0 Å². The van der Waals surface area contributed by atoms with Crippen LogP contribution in [0, 0.1) is 25.6 Å². The molecule has 0 aliphatic rings. The van der Waals surface area contributed by atoms with Crippen LogP contribution in [-0.4, -0.2) is 9.75 Å². The van der Waals surface area contributed by atoms with Gasteiger partial charge in [-0.2, -0.15) is 14.0 Å². The van der Waals surface area contributed by atoms with Crippen molar-refractivity contribution in [3.8, 4) is 0 Å². The molecule has 0 saturated carbocycles. The summed E-state index contributed by atoms with van der Waals surface area (Å²) >= 11 is 0. The average molecular weight is 169 g/mol. The molecule has 0 aliphatic carbocycles. The first-order chi connectivity index (χ1) is 3.73. The zero-order chi connectivity index (χ0) is 8.08. The Morgan fingerprint density at radius 2 is 1.20 bits per heavy atom. The summed E-state index contributed by atoms with van der Waals surface area (Å²) in [4.78, 5) is 8.25. The van der Waals surface area contributed by atoms with Gasteiger partial charge in [-0.3, -0.25) is 0 Å². The smallest absolute Gasteiger partial charge is 0.356 e. The van der Waals surface area contributed by atoms with Crippen molar-refractivity contribution in [3.05, 3.63) is 15.3 Å². The maximum Gasteiger partial charge on any atom is 1.00 e. The van der Waals surface area contributed by atoms with Crippen molar-refractivity contribution in [1.82, 2.24) is 0 Å². The summed E-state index contributed by atoms with van der Waals surface area (Å²) in [6.45, 7) is 0. The van der Waals surface area contributed by atoms with E-state index in [2.05, 4.69) is 0 Å². The van der Waals surface area contributed by atoms with E-state index in [0.29, 0.717) is 0 Å². The molecule has 0 aromatic carbocycles. The Morgan fingerprint density at radius 1 is 1.20 bits per heavy atom. The molecule has 0 unspecified atom stereocenters. The predicted molar refractivity (Wildman–Crippen MR) is 12.6 cm³/mol. The van der Waals surface area contributed by atoms with Gasteiger partial charge in [-0.05, 0) is 0 Å². The van der Waals surface area contributed by atoms with E-state index >= 15 is 0 Å². The Labute approximate surface area is 68.7 Å². The van der Waals surface area contributed by atoms with Crippen LogP contribution in [0.25, 0.3) is 0 Å². The molecule has 0 bridgehead atoms. The maximum absolute atomic E-state index is 8.60. The van der Waals surface area contributed by atoms with Crippen LogP contribution in [0.4, 0.5) is 0 Å². The molecule has 0 fully saturated rings. The number of halogens is 1. The van der Waals surface area contributed by atoms with Crippen LogP contribution in [0.3, 0.4) is 0 Å². The molecule has 10 heavy (non-hydrogen) atoms. The molecular weight excluding hydrogens is 168 g/mol. The molecule has 0 heterocycles. The first-order valence-electron chi connectivity index (χ1n) is 1.18. The van der Waals surface area contributed by atoms with Gasteiger partial charge in [0.15, 0.2) is 0 Å². The molecule has 0 aromatic rings. The SMILES string of the molecule is O=[N+]([O-])[O-].[Li+].[O-][Cl+3]([O-])([O-])O. The van der Waals surface area contributed by atoms with Crippen LogP contribution in [0.15, 0.2) is 0 Å². The Kier molecular flexibility index (Phi) is 11.6. The van der Waals surface area contributed by atoms with E-state index < -0.39 is 15.3 Å². The monoisotopic (exact) mass is 169 g/mol. The predicted octanol–water partition coefficient (Wildman–Crippen LogP) is -7.36. The second-order valence-corrected chi connectivity index (χ2v) is 1.41. The second-order valence-electron chi connectivity index (χ2n) is 0.620. The largest absolute Gasteiger partial charge is 1.00 e. The van der Waals surface area contributed by atoms with E-state index in [1.54, 1.807) is 0 Å². The van der Waals surface area contributed by atoms with Crippen molar-refractivity contribution in [2.45, 2.75) is 0 Å². The third-order valence-electron chi connectivity index (χ3n) is 0. The molecule has 10 heteroatoms. The Hall–Kier alpha value is -0.0726. The summed E-state index contributed by atoms with van der Waals surface area (Å²) in [6, 6.07) is 0. The van der Waals surface area contributed by atoms with E-state index in [1.807, 2.05) is 0 Å². The number of hydrogen-bond donors (Lipinski definition) is 1. The Balaban J connectivity index is -0.0000000910. The van der Waals surface area contributed by atoms with Crippen LogP contribution >= 0.6 is 0 Å². The average Bonchev–Trinajstić information content (AvgIpc) is 1.19. The number of nitrogens with zero attached hydrogens (tertiary/aromatic N) is 1. The molecule has 0 atom stereocenters. The van der Waals surface area contributed by atoms with E-state index in [4.69, 9.17) is 34.0 Å². The molecule has 0 saturated heterocycles. The topological polar surface area (TPSA) is 156 Å². The Morgan fingerprint density at radius 3 is 1.20 bits per heavy atom. The molecule has 1 N–H and O–H groups in total. The normalized spacial score (nSPS) is 8.40. The zero-order valence-electron chi connectivity index (χ0n) is 4.72. The molecule has 0 amide bonds. The van der Waals surface area contributed by atoms with Gasteiger partial charge in [0.1, 0.15) is 0 Å². The molecule has 0 spiro atoms. The molecule has 8 nitrogen and oxygen atoms in total. The van der Waals surface area contributed by atoms with E-state index in [0.717, 1.165) is 0 Å². The Bertz CT molecular complexity index is 76.1. The van der Waals surface area contributed by atoms with Gasteiger partial charge < -0.3 is 15.3 Å². The summed E-state index contributed by atoms with van der Waals surface area (Å²) in [5, 5.41) is 14.8. The second kappa shape index (κ2) is 7.04. The van der Waals surface area contributed by atoms with Crippen molar-refractivity contribution >= 4 is 0 Å². The van der Waals surface area contributed by atoms with Crippen molar-refractivity contribution in [2.24, 2.45) is 0 Å². The van der Waals surface area contributed by atoms with Gasteiger partial charge >= 0.3 is 18.9 Å². The van der Waals surface area contributed by atoms with Crippen LogP contribution < -0.4 is 32.8 Å². The molecule has 56 valence electrons. The van der Waals surface area contributed by atoms with E-state index in [9.17, 15) is 0 Å². The van der Waals surface area contributed by atoms with Crippen molar-refractivity contribution in [2.75, 3.05) is 0 Å². The van der Waals surface area contributed by atoms with Crippen LogP contribution in [0.2, 0.25) is 0 Å². The summed E-state index contributed by atoms with van der Waals surface area (Å²) in [5.74, 6) is 0. The van der Waals surface area contributed by atoms with Crippen molar-refractivity contribution in [3.63, 3.8) is 0 Å². The molecule has 0 aromatic heterocycles. The van der Waals surface area contributed by atoms with Gasteiger partial charge in [-0.15, -0.1) is 0 Å². The van der Waals surface area contributed by atoms with E-state index in [1.165, 1.54) is 0 Å². The quantitative estimate of drug-likeness (QED) is 0.214. The van der Waals surface area contributed by atoms with Crippen molar-refractivity contribution in [1.29, 1.82) is 0 Å². The first kappa shape index (κ1) is 16.5. The van der Waals surface area contributed by atoms with Crippen LogP contribution in [0.1, 0.15) is 0 Å². The van der Waals surface area contributed by atoms with Crippen molar-refractivity contribution < 1.29 is 52.8 Å². The van der Waals surface area contributed by atoms with Gasteiger partial charge in [-0.25, -0.2) is 0 Å². The summed E-state index contributed by atoms with van der Waals surface area (Å²) in [5.41, 5.74) is 0. The third kappa shape index (κ3) is 72200. The minimum atomic E-state index is -4.69. The van der Waals surface area contributed by atoms with Crippen LogP contribution in [0.5, 0.6) is 0 Å². The van der Waals surface area contributed by atoms with Gasteiger partial charge in [0.25, 0.3) is 0 Å². The number of hydrogen-bond acceptors (Lipinski definition) is 7.